The zero-order valence-corrected chi connectivity index (χ0v) is 10.9. The molecule has 0 atom stereocenters. The maximum absolute atomic E-state index is 12.3. The molecule has 3 nitrogen and oxygen atoms in total. The molecular weight excluding hydrogens is 264 g/mol. The van der Waals surface area contributed by atoms with Crippen LogP contribution in [-0.2, 0) is 0 Å². The van der Waals surface area contributed by atoms with Gasteiger partial charge in [-0.05, 0) is 30.7 Å². The normalized spacial score (nSPS) is 10.2. The van der Waals surface area contributed by atoms with Crippen molar-refractivity contribution < 1.29 is 14.7 Å². The van der Waals surface area contributed by atoms with Gasteiger partial charge in [-0.3, -0.25) is 9.59 Å². The maximum Gasteiger partial charge on any atom is 0.196 e. The van der Waals surface area contributed by atoms with E-state index in [1.165, 1.54) is 18.2 Å². The fourth-order valence-corrected chi connectivity index (χ4v) is 1.92. The molecule has 0 aliphatic carbocycles. The molecule has 1 N–H and O–H groups in total. The van der Waals surface area contributed by atoms with Gasteiger partial charge in [-0.25, -0.2) is 0 Å². The van der Waals surface area contributed by atoms with Gasteiger partial charge in [-0.1, -0.05) is 29.8 Å². The first-order valence-corrected chi connectivity index (χ1v) is 6.00. The van der Waals surface area contributed by atoms with Crippen molar-refractivity contribution in [3.63, 3.8) is 0 Å². The second kappa shape index (κ2) is 5.24. The van der Waals surface area contributed by atoms with Crippen molar-refractivity contribution in [2.24, 2.45) is 0 Å². The SMILES string of the molecule is Cc1cc(C(=O)c2cccc(C=O)c2)c(O)cc1Cl. The standard InChI is InChI=1S/C15H11ClO3/c1-9-5-12(14(18)7-13(9)16)15(19)11-4-2-3-10(6-11)8-17/h2-8,18H,1H3. The van der Waals surface area contributed by atoms with Gasteiger partial charge >= 0.3 is 0 Å². The lowest BCUT2D eigenvalue weighted by molar-refractivity contribution is 0.103. The number of aromatic hydroxyl groups is 1. The van der Waals surface area contributed by atoms with Gasteiger partial charge in [0.2, 0.25) is 0 Å². The Morgan fingerprint density at radius 1 is 1.26 bits per heavy atom. The molecule has 0 saturated carbocycles. The van der Waals surface area contributed by atoms with Crippen LogP contribution in [0.5, 0.6) is 5.75 Å². The Labute approximate surface area is 115 Å². The number of benzene rings is 2. The highest BCUT2D eigenvalue weighted by molar-refractivity contribution is 6.31. The minimum atomic E-state index is -0.346. The first-order valence-electron chi connectivity index (χ1n) is 5.62. The highest BCUT2D eigenvalue weighted by atomic mass is 35.5. The van der Waals surface area contributed by atoms with Gasteiger partial charge in [0.25, 0.3) is 0 Å². The number of aryl methyl sites for hydroxylation is 1. The Hall–Kier alpha value is -2.13. The molecule has 0 spiro atoms. The largest absolute Gasteiger partial charge is 0.507 e. The average Bonchev–Trinajstić information content (AvgIpc) is 2.42. The molecule has 0 bridgehead atoms. The number of carbonyl (C=O) groups is 2. The lowest BCUT2D eigenvalue weighted by Gasteiger charge is -2.07. The number of ketones is 1. The molecule has 2 rings (SSSR count). The summed E-state index contributed by atoms with van der Waals surface area (Å²) in [5.74, 6) is -0.516. The summed E-state index contributed by atoms with van der Waals surface area (Å²) >= 11 is 5.87. The zero-order chi connectivity index (χ0) is 14.0. The van der Waals surface area contributed by atoms with Crippen molar-refractivity contribution in [2.75, 3.05) is 0 Å². The summed E-state index contributed by atoms with van der Waals surface area (Å²) in [6.07, 6.45) is 0.670. The van der Waals surface area contributed by atoms with Crippen LogP contribution >= 0.6 is 11.6 Å². The van der Waals surface area contributed by atoms with Gasteiger partial charge in [0.05, 0.1) is 5.56 Å². The van der Waals surface area contributed by atoms with Crippen molar-refractivity contribution in [3.8, 4) is 5.75 Å². The molecule has 19 heavy (non-hydrogen) atoms. The second-order valence-corrected chi connectivity index (χ2v) is 4.60. The Kier molecular flexibility index (Phi) is 3.67. The Morgan fingerprint density at radius 2 is 2.00 bits per heavy atom. The first-order chi connectivity index (χ1) is 9.02. The van der Waals surface area contributed by atoms with Crippen LogP contribution in [0.15, 0.2) is 36.4 Å². The molecule has 0 saturated heterocycles. The predicted octanol–water partition coefficient (Wildman–Crippen LogP) is 3.40. The van der Waals surface area contributed by atoms with Crippen LogP contribution in [0.1, 0.15) is 31.8 Å². The van der Waals surface area contributed by atoms with E-state index in [2.05, 4.69) is 0 Å². The summed E-state index contributed by atoms with van der Waals surface area (Å²) in [7, 11) is 0. The van der Waals surface area contributed by atoms with Crippen LogP contribution in [0.4, 0.5) is 0 Å². The number of hydrogen-bond acceptors (Lipinski definition) is 3. The molecule has 2 aromatic carbocycles. The minimum absolute atomic E-state index is 0.169. The average molecular weight is 275 g/mol. The highest BCUT2D eigenvalue weighted by Gasteiger charge is 2.15. The maximum atomic E-state index is 12.3. The Morgan fingerprint density at radius 3 is 2.68 bits per heavy atom. The van der Waals surface area contributed by atoms with Crippen molar-refractivity contribution in [3.05, 3.63) is 63.7 Å². The van der Waals surface area contributed by atoms with Gasteiger partial charge in [0, 0.05) is 16.1 Å². The molecule has 0 amide bonds. The topological polar surface area (TPSA) is 54.4 Å². The van der Waals surface area contributed by atoms with Crippen molar-refractivity contribution in [2.45, 2.75) is 6.92 Å². The van der Waals surface area contributed by atoms with E-state index in [9.17, 15) is 14.7 Å². The third kappa shape index (κ3) is 2.66. The van der Waals surface area contributed by atoms with Crippen molar-refractivity contribution in [1.29, 1.82) is 0 Å². The predicted molar refractivity (Wildman–Crippen MR) is 73.1 cm³/mol. The molecule has 2 aromatic rings. The van der Waals surface area contributed by atoms with Crippen LogP contribution in [-0.4, -0.2) is 17.2 Å². The number of rotatable bonds is 3. The van der Waals surface area contributed by atoms with E-state index in [0.29, 0.717) is 28.0 Å². The van der Waals surface area contributed by atoms with Crippen LogP contribution < -0.4 is 0 Å². The van der Waals surface area contributed by atoms with E-state index < -0.39 is 0 Å². The highest BCUT2D eigenvalue weighted by Crippen LogP contribution is 2.27. The van der Waals surface area contributed by atoms with Gasteiger partial charge in [0.1, 0.15) is 12.0 Å². The Bertz CT molecular complexity index is 662. The molecule has 0 fully saturated rings. The first kappa shape index (κ1) is 13.3. The number of carbonyl (C=O) groups excluding carboxylic acids is 2. The molecule has 0 radical (unpaired) electrons. The monoisotopic (exact) mass is 274 g/mol. The van der Waals surface area contributed by atoms with Crippen LogP contribution in [0.2, 0.25) is 5.02 Å². The summed E-state index contributed by atoms with van der Waals surface area (Å²) < 4.78 is 0. The molecule has 0 unspecified atom stereocenters. The van der Waals surface area contributed by atoms with E-state index >= 15 is 0 Å². The lowest BCUT2D eigenvalue weighted by Crippen LogP contribution is -2.03. The number of halogens is 1. The molecule has 4 heteroatoms. The smallest absolute Gasteiger partial charge is 0.196 e. The molecular formula is C15H11ClO3. The van der Waals surface area contributed by atoms with E-state index in [4.69, 9.17) is 11.6 Å². The summed E-state index contributed by atoms with van der Waals surface area (Å²) in [4.78, 5) is 23.0. The quantitative estimate of drug-likeness (QED) is 0.689. The summed E-state index contributed by atoms with van der Waals surface area (Å²) in [6.45, 7) is 1.75. The molecule has 0 heterocycles. The fourth-order valence-electron chi connectivity index (χ4n) is 1.76. The summed E-state index contributed by atoms with van der Waals surface area (Å²) in [6, 6.07) is 9.19. The third-order valence-corrected chi connectivity index (χ3v) is 3.21. The molecule has 96 valence electrons. The van der Waals surface area contributed by atoms with Gasteiger partial charge in [-0.2, -0.15) is 0 Å². The molecule has 0 aliphatic heterocycles. The fraction of sp³-hybridized carbons (Fsp3) is 0.0667. The minimum Gasteiger partial charge on any atom is -0.507 e. The van der Waals surface area contributed by atoms with Crippen LogP contribution in [0.3, 0.4) is 0 Å². The third-order valence-electron chi connectivity index (χ3n) is 2.81. The van der Waals surface area contributed by atoms with Gasteiger partial charge in [0.15, 0.2) is 5.78 Å². The lowest BCUT2D eigenvalue weighted by atomic mass is 9.99. The Balaban J connectivity index is 2.49. The van der Waals surface area contributed by atoms with Gasteiger partial charge in [-0.15, -0.1) is 0 Å². The van der Waals surface area contributed by atoms with Crippen molar-refractivity contribution in [1.82, 2.24) is 0 Å². The van der Waals surface area contributed by atoms with E-state index in [1.54, 1.807) is 25.1 Å². The van der Waals surface area contributed by atoms with Crippen LogP contribution in [0, 0.1) is 6.92 Å². The molecule has 0 aromatic heterocycles. The molecule has 0 aliphatic rings. The number of hydrogen-bond donors (Lipinski definition) is 1. The summed E-state index contributed by atoms with van der Waals surface area (Å²) in [5, 5.41) is 10.2. The number of phenolic OH excluding ortho intramolecular Hbond substituents is 1. The van der Waals surface area contributed by atoms with Crippen LogP contribution in [0.25, 0.3) is 0 Å². The zero-order valence-electron chi connectivity index (χ0n) is 10.2. The van der Waals surface area contributed by atoms with Crippen molar-refractivity contribution >= 4 is 23.7 Å². The van der Waals surface area contributed by atoms with E-state index in [-0.39, 0.29) is 17.1 Å². The summed E-state index contributed by atoms with van der Waals surface area (Å²) in [5.41, 5.74) is 1.64. The van der Waals surface area contributed by atoms with E-state index in [0.717, 1.165) is 0 Å². The van der Waals surface area contributed by atoms with E-state index in [1.807, 2.05) is 0 Å². The second-order valence-electron chi connectivity index (χ2n) is 4.19. The van der Waals surface area contributed by atoms with Gasteiger partial charge < -0.3 is 5.11 Å². The number of aldehydes is 1. The number of phenols is 1.